The summed E-state index contributed by atoms with van der Waals surface area (Å²) in [5, 5.41) is 7.94. The average Bonchev–Trinajstić information content (AvgIpc) is 2.60. The summed E-state index contributed by atoms with van der Waals surface area (Å²) < 4.78 is 1.88. The Kier molecular flexibility index (Phi) is 4.54. The summed E-state index contributed by atoms with van der Waals surface area (Å²) >= 11 is 0. The van der Waals surface area contributed by atoms with Crippen molar-refractivity contribution in [3.05, 3.63) is 18.0 Å². The number of aromatic nitrogens is 2. The van der Waals surface area contributed by atoms with Crippen LogP contribution in [0.5, 0.6) is 0 Å². The number of aryl methyl sites for hydroxylation is 1. The van der Waals surface area contributed by atoms with Gasteiger partial charge < -0.3 is 5.32 Å². The highest BCUT2D eigenvalue weighted by molar-refractivity contribution is 5.03. The Hall–Kier alpha value is -0.830. The van der Waals surface area contributed by atoms with E-state index in [0.717, 1.165) is 19.5 Å². The van der Waals surface area contributed by atoms with Gasteiger partial charge in [0.05, 0.1) is 5.69 Å². The molecule has 0 fully saturated rings. The lowest BCUT2D eigenvalue weighted by atomic mass is 9.75. The molecule has 0 aromatic carbocycles. The highest BCUT2D eigenvalue weighted by atomic mass is 15.2. The van der Waals surface area contributed by atoms with E-state index in [1.165, 1.54) is 5.69 Å². The zero-order valence-corrected chi connectivity index (χ0v) is 11.2. The summed E-state index contributed by atoms with van der Waals surface area (Å²) in [5.41, 5.74) is 1.47. The van der Waals surface area contributed by atoms with Crippen molar-refractivity contribution >= 4 is 0 Å². The smallest absolute Gasteiger partial charge is 0.0630 e. The molecule has 1 unspecified atom stereocenters. The monoisotopic (exact) mass is 223 g/mol. The van der Waals surface area contributed by atoms with Crippen molar-refractivity contribution in [1.29, 1.82) is 0 Å². The lowest BCUT2D eigenvalue weighted by molar-refractivity contribution is 0.206. The highest BCUT2D eigenvalue weighted by Gasteiger charge is 2.28. The number of hydrogen-bond acceptors (Lipinski definition) is 2. The average molecular weight is 223 g/mol. The highest BCUT2D eigenvalue weighted by Crippen LogP contribution is 2.30. The minimum Gasteiger partial charge on any atom is -0.316 e. The molecule has 1 N–H and O–H groups in total. The van der Waals surface area contributed by atoms with Crippen molar-refractivity contribution in [3.8, 4) is 0 Å². The molecule has 0 aliphatic heterocycles. The summed E-state index contributed by atoms with van der Waals surface area (Å²) in [6.07, 6.45) is 3.06. The summed E-state index contributed by atoms with van der Waals surface area (Å²) in [6.45, 7) is 11.2. The maximum absolute atomic E-state index is 4.48. The molecule has 1 aromatic rings. The predicted octanol–water partition coefficient (Wildman–Crippen LogP) is 2.23. The van der Waals surface area contributed by atoms with E-state index in [9.17, 15) is 0 Å². The fourth-order valence-corrected chi connectivity index (χ4v) is 1.85. The third kappa shape index (κ3) is 3.34. The molecule has 0 saturated heterocycles. The minimum absolute atomic E-state index is 0.282. The molecule has 3 nitrogen and oxygen atoms in total. The zero-order chi connectivity index (χ0) is 12.2. The van der Waals surface area contributed by atoms with Crippen molar-refractivity contribution in [2.45, 2.75) is 34.1 Å². The molecule has 16 heavy (non-hydrogen) atoms. The molecule has 3 heteroatoms. The summed E-state index contributed by atoms with van der Waals surface area (Å²) in [5.74, 6) is 0.647. The summed E-state index contributed by atoms with van der Waals surface area (Å²) in [7, 11) is 1.97. The molecule has 92 valence electrons. The largest absolute Gasteiger partial charge is 0.316 e. The van der Waals surface area contributed by atoms with Crippen LogP contribution in [-0.2, 0) is 13.5 Å². The van der Waals surface area contributed by atoms with Gasteiger partial charge in [0.25, 0.3) is 0 Å². The predicted molar refractivity (Wildman–Crippen MR) is 68.4 cm³/mol. The molecule has 0 aliphatic rings. The van der Waals surface area contributed by atoms with Gasteiger partial charge in [0.15, 0.2) is 0 Å². The van der Waals surface area contributed by atoms with Crippen LogP contribution in [-0.4, -0.2) is 22.9 Å². The zero-order valence-electron chi connectivity index (χ0n) is 11.2. The Morgan fingerprint density at radius 2 is 2.19 bits per heavy atom. The maximum Gasteiger partial charge on any atom is 0.0630 e. The minimum atomic E-state index is 0.282. The third-order valence-corrected chi connectivity index (χ3v) is 3.53. The molecule has 0 amide bonds. The van der Waals surface area contributed by atoms with Crippen LogP contribution in [0.3, 0.4) is 0 Å². The van der Waals surface area contributed by atoms with E-state index in [1.807, 2.05) is 17.9 Å². The fraction of sp³-hybridized carbons (Fsp3) is 0.769. The van der Waals surface area contributed by atoms with Crippen molar-refractivity contribution < 1.29 is 0 Å². The second-order valence-corrected chi connectivity index (χ2v) is 5.25. The number of hydrogen-bond donors (Lipinski definition) is 1. The summed E-state index contributed by atoms with van der Waals surface area (Å²) in [4.78, 5) is 0. The van der Waals surface area contributed by atoms with E-state index in [-0.39, 0.29) is 5.41 Å². The molecule has 0 radical (unpaired) electrons. The first kappa shape index (κ1) is 13.2. The van der Waals surface area contributed by atoms with Gasteiger partial charge in [-0.05, 0) is 30.4 Å². The van der Waals surface area contributed by atoms with Crippen LogP contribution >= 0.6 is 0 Å². The van der Waals surface area contributed by atoms with Gasteiger partial charge in [0.1, 0.15) is 0 Å². The SMILES string of the molecule is CCNCC(C)(Cc1ccn(C)n1)C(C)C. The van der Waals surface area contributed by atoms with Gasteiger partial charge in [-0.25, -0.2) is 0 Å². The first-order valence-corrected chi connectivity index (χ1v) is 6.17. The van der Waals surface area contributed by atoms with Gasteiger partial charge in [0.2, 0.25) is 0 Å². The Morgan fingerprint density at radius 3 is 2.62 bits per heavy atom. The molecule has 1 aromatic heterocycles. The van der Waals surface area contributed by atoms with Crippen LogP contribution in [0.4, 0.5) is 0 Å². The second kappa shape index (κ2) is 5.48. The van der Waals surface area contributed by atoms with E-state index in [1.54, 1.807) is 0 Å². The van der Waals surface area contributed by atoms with Gasteiger partial charge in [-0.3, -0.25) is 4.68 Å². The topological polar surface area (TPSA) is 29.9 Å². The van der Waals surface area contributed by atoms with Crippen molar-refractivity contribution in [2.75, 3.05) is 13.1 Å². The van der Waals surface area contributed by atoms with E-state index in [4.69, 9.17) is 0 Å². The second-order valence-electron chi connectivity index (χ2n) is 5.25. The van der Waals surface area contributed by atoms with Crippen LogP contribution in [0.25, 0.3) is 0 Å². The standard InChI is InChI=1S/C13H25N3/c1-6-14-10-13(4,11(2)3)9-12-7-8-16(5)15-12/h7-8,11,14H,6,9-10H2,1-5H3. The Morgan fingerprint density at radius 1 is 1.50 bits per heavy atom. The third-order valence-electron chi connectivity index (χ3n) is 3.53. The van der Waals surface area contributed by atoms with Crippen LogP contribution in [0.2, 0.25) is 0 Å². The molecule has 0 spiro atoms. The van der Waals surface area contributed by atoms with E-state index in [2.05, 4.69) is 44.2 Å². The van der Waals surface area contributed by atoms with Crippen molar-refractivity contribution in [1.82, 2.24) is 15.1 Å². The van der Waals surface area contributed by atoms with Gasteiger partial charge in [0, 0.05) is 19.8 Å². The first-order valence-electron chi connectivity index (χ1n) is 6.17. The quantitative estimate of drug-likeness (QED) is 0.801. The lowest BCUT2D eigenvalue weighted by Gasteiger charge is -2.33. The number of nitrogens with one attached hydrogen (secondary N) is 1. The van der Waals surface area contributed by atoms with Crippen LogP contribution in [0.1, 0.15) is 33.4 Å². The van der Waals surface area contributed by atoms with Crippen molar-refractivity contribution in [3.63, 3.8) is 0 Å². The van der Waals surface area contributed by atoms with Crippen LogP contribution in [0.15, 0.2) is 12.3 Å². The van der Waals surface area contributed by atoms with E-state index in [0.29, 0.717) is 5.92 Å². The summed E-state index contributed by atoms with van der Waals surface area (Å²) in [6, 6.07) is 2.12. The molecule has 1 rings (SSSR count). The Balaban J connectivity index is 2.70. The van der Waals surface area contributed by atoms with Gasteiger partial charge in [-0.1, -0.05) is 27.7 Å². The molecular weight excluding hydrogens is 198 g/mol. The normalized spacial score (nSPS) is 15.4. The van der Waals surface area contributed by atoms with Crippen LogP contribution < -0.4 is 5.32 Å². The van der Waals surface area contributed by atoms with Crippen molar-refractivity contribution in [2.24, 2.45) is 18.4 Å². The lowest BCUT2D eigenvalue weighted by Crippen LogP contribution is -2.38. The van der Waals surface area contributed by atoms with E-state index < -0.39 is 0 Å². The van der Waals surface area contributed by atoms with Gasteiger partial charge in [-0.15, -0.1) is 0 Å². The van der Waals surface area contributed by atoms with Gasteiger partial charge >= 0.3 is 0 Å². The molecule has 1 heterocycles. The van der Waals surface area contributed by atoms with Gasteiger partial charge in [-0.2, -0.15) is 5.10 Å². The maximum atomic E-state index is 4.48. The molecular formula is C13H25N3. The first-order chi connectivity index (χ1) is 7.48. The number of nitrogens with zero attached hydrogens (tertiary/aromatic N) is 2. The fourth-order valence-electron chi connectivity index (χ4n) is 1.85. The molecule has 0 aliphatic carbocycles. The van der Waals surface area contributed by atoms with E-state index >= 15 is 0 Å². The Labute approximate surface area is 99.2 Å². The molecule has 0 bridgehead atoms. The molecule has 1 atom stereocenters. The Bertz CT molecular complexity index is 317. The number of rotatable bonds is 6. The van der Waals surface area contributed by atoms with Crippen LogP contribution in [0, 0.1) is 11.3 Å². The molecule has 0 saturated carbocycles.